The van der Waals surface area contributed by atoms with Crippen LogP contribution in [0.4, 0.5) is 0 Å². The van der Waals surface area contributed by atoms with Gasteiger partial charge >= 0.3 is 0 Å². The fourth-order valence-corrected chi connectivity index (χ4v) is 2.85. The maximum atomic E-state index is 11.7. The number of aromatic nitrogens is 3. The summed E-state index contributed by atoms with van der Waals surface area (Å²) in [7, 11) is 1.93. The van der Waals surface area contributed by atoms with Gasteiger partial charge in [0.1, 0.15) is 0 Å². The van der Waals surface area contributed by atoms with Gasteiger partial charge in [-0.3, -0.25) is 4.79 Å². The summed E-state index contributed by atoms with van der Waals surface area (Å²) in [6.07, 6.45) is 2.22. The first-order valence-electron chi connectivity index (χ1n) is 7.02. The van der Waals surface area contributed by atoms with Crippen LogP contribution in [0.15, 0.2) is 29.4 Å². The molecule has 1 amide bonds. The molecule has 110 valence electrons. The zero-order valence-electron chi connectivity index (χ0n) is 12.2. The molecule has 1 fully saturated rings. The third kappa shape index (κ3) is 3.26. The van der Waals surface area contributed by atoms with Gasteiger partial charge in [-0.1, -0.05) is 36.0 Å². The van der Waals surface area contributed by atoms with Crippen molar-refractivity contribution in [2.75, 3.05) is 5.75 Å². The zero-order chi connectivity index (χ0) is 14.8. The average Bonchev–Trinajstić information content (AvgIpc) is 3.20. The number of aryl methyl sites for hydroxylation is 1. The molecular weight excluding hydrogens is 284 g/mol. The lowest BCUT2D eigenvalue weighted by molar-refractivity contribution is -0.118. The van der Waals surface area contributed by atoms with Gasteiger partial charge in [0.2, 0.25) is 5.91 Å². The summed E-state index contributed by atoms with van der Waals surface area (Å²) < 4.78 is 1.94. The summed E-state index contributed by atoms with van der Waals surface area (Å²) in [6.45, 7) is 2.06. The highest BCUT2D eigenvalue weighted by atomic mass is 32.2. The van der Waals surface area contributed by atoms with Crippen LogP contribution in [-0.4, -0.2) is 32.5 Å². The van der Waals surface area contributed by atoms with Gasteiger partial charge < -0.3 is 9.88 Å². The van der Waals surface area contributed by atoms with Crippen molar-refractivity contribution in [1.82, 2.24) is 20.1 Å². The van der Waals surface area contributed by atoms with E-state index >= 15 is 0 Å². The van der Waals surface area contributed by atoms with Crippen molar-refractivity contribution in [3.05, 3.63) is 29.8 Å². The van der Waals surface area contributed by atoms with Gasteiger partial charge in [-0.05, 0) is 25.3 Å². The van der Waals surface area contributed by atoms with Gasteiger partial charge in [-0.2, -0.15) is 0 Å². The van der Waals surface area contributed by atoms with E-state index in [0.717, 1.165) is 34.9 Å². The van der Waals surface area contributed by atoms with E-state index in [1.165, 1.54) is 11.8 Å². The molecule has 0 atom stereocenters. The van der Waals surface area contributed by atoms with Crippen molar-refractivity contribution in [2.24, 2.45) is 7.05 Å². The molecule has 5 nitrogen and oxygen atoms in total. The Morgan fingerprint density at radius 1 is 1.38 bits per heavy atom. The largest absolute Gasteiger partial charge is 0.353 e. The number of amides is 1. The Bertz CT molecular complexity index is 663. The quantitative estimate of drug-likeness (QED) is 0.860. The molecule has 3 rings (SSSR count). The number of rotatable bonds is 5. The van der Waals surface area contributed by atoms with Crippen molar-refractivity contribution in [2.45, 2.75) is 31.0 Å². The first-order chi connectivity index (χ1) is 10.1. The predicted molar refractivity (Wildman–Crippen MR) is 83.1 cm³/mol. The molecule has 1 aliphatic carbocycles. The van der Waals surface area contributed by atoms with Gasteiger partial charge in [0.15, 0.2) is 11.0 Å². The van der Waals surface area contributed by atoms with E-state index < -0.39 is 0 Å². The summed E-state index contributed by atoms with van der Waals surface area (Å²) in [4.78, 5) is 11.7. The molecule has 0 aliphatic heterocycles. The fraction of sp³-hybridized carbons (Fsp3) is 0.400. The summed E-state index contributed by atoms with van der Waals surface area (Å²) in [5.41, 5.74) is 2.23. The van der Waals surface area contributed by atoms with Crippen LogP contribution in [0.1, 0.15) is 18.4 Å². The van der Waals surface area contributed by atoms with Crippen molar-refractivity contribution in [3.63, 3.8) is 0 Å². The van der Waals surface area contributed by atoms with Crippen LogP contribution in [0.2, 0.25) is 0 Å². The van der Waals surface area contributed by atoms with E-state index in [4.69, 9.17) is 0 Å². The highest BCUT2D eigenvalue weighted by Crippen LogP contribution is 2.25. The van der Waals surface area contributed by atoms with Gasteiger partial charge in [0.25, 0.3) is 0 Å². The lowest BCUT2D eigenvalue weighted by Gasteiger charge is -2.06. The van der Waals surface area contributed by atoms with E-state index in [0.29, 0.717) is 11.8 Å². The molecule has 1 aliphatic rings. The van der Waals surface area contributed by atoms with Crippen LogP contribution in [0.25, 0.3) is 11.4 Å². The van der Waals surface area contributed by atoms with Crippen molar-refractivity contribution in [3.8, 4) is 11.4 Å². The van der Waals surface area contributed by atoms with Crippen molar-refractivity contribution in [1.29, 1.82) is 0 Å². The Morgan fingerprint density at radius 3 is 2.86 bits per heavy atom. The maximum absolute atomic E-state index is 11.7. The third-order valence-electron chi connectivity index (χ3n) is 3.50. The van der Waals surface area contributed by atoms with Crippen LogP contribution >= 0.6 is 11.8 Å². The maximum Gasteiger partial charge on any atom is 0.230 e. The van der Waals surface area contributed by atoms with E-state index in [1.54, 1.807) is 0 Å². The molecule has 1 saturated carbocycles. The molecule has 0 radical (unpaired) electrons. The number of thioether (sulfide) groups is 1. The van der Waals surface area contributed by atoms with E-state index in [2.05, 4.69) is 28.5 Å². The number of hydrogen-bond donors (Lipinski definition) is 1. The van der Waals surface area contributed by atoms with Gasteiger partial charge in [0.05, 0.1) is 5.75 Å². The Kier molecular flexibility index (Phi) is 3.96. The second-order valence-electron chi connectivity index (χ2n) is 5.31. The third-order valence-corrected chi connectivity index (χ3v) is 4.52. The Balaban J connectivity index is 1.70. The van der Waals surface area contributed by atoms with Crippen LogP contribution < -0.4 is 5.32 Å². The molecule has 0 unspecified atom stereocenters. The molecule has 2 aromatic rings. The number of nitrogens with one attached hydrogen (secondary N) is 1. The first-order valence-corrected chi connectivity index (χ1v) is 8.01. The number of benzene rings is 1. The second kappa shape index (κ2) is 5.89. The summed E-state index contributed by atoms with van der Waals surface area (Å²) in [6, 6.07) is 8.49. The van der Waals surface area contributed by atoms with Crippen LogP contribution in [0.5, 0.6) is 0 Å². The standard InChI is InChI=1S/C15H18N4OS/c1-10-5-3-4-6-12(10)14-17-18-15(19(14)2)21-9-13(20)16-11-7-8-11/h3-6,11H,7-9H2,1-2H3,(H,16,20). The summed E-state index contributed by atoms with van der Waals surface area (Å²) >= 11 is 1.42. The topological polar surface area (TPSA) is 59.8 Å². The van der Waals surface area contributed by atoms with E-state index in [-0.39, 0.29) is 5.91 Å². The normalized spacial score (nSPS) is 14.2. The van der Waals surface area contributed by atoms with Crippen molar-refractivity contribution < 1.29 is 4.79 Å². The van der Waals surface area contributed by atoms with E-state index in [9.17, 15) is 4.79 Å². The summed E-state index contributed by atoms with van der Waals surface area (Å²) in [5.74, 6) is 1.29. The number of carbonyl (C=O) groups excluding carboxylic acids is 1. The molecule has 1 N–H and O–H groups in total. The molecule has 1 aromatic carbocycles. The fourth-order valence-electron chi connectivity index (χ4n) is 2.13. The highest BCUT2D eigenvalue weighted by Gasteiger charge is 2.23. The van der Waals surface area contributed by atoms with Crippen LogP contribution in [0, 0.1) is 6.92 Å². The van der Waals surface area contributed by atoms with E-state index in [1.807, 2.05) is 29.8 Å². The molecule has 21 heavy (non-hydrogen) atoms. The van der Waals surface area contributed by atoms with Gasteiger partial charge in [-0.15, -0.1) is 10.2 Å². The summed E-state index contributed by atoms with van der Waals surface area (Å²) in [5, 5.41) is 12.2. The monoisotopic (exact) mass is 302 g/mol. The number of hydrogen-bond acceptors (Lipinski definition) is 4. The molecular formula is C15H18N4OS. The van der Waals surface area contributed by atoms with Crippen LogP contribution in [-0.2, 0) is 11.8 Å². The Hall–Kier alpha value is -1.82. The molecule has 0 saturated heterocycles. The minimum Gasteiger partial charge on any atom is -0.353 e. The van der Waals surface area contributed by atoms with Gasteiger partial charge in [0, 0.05) is 18.7 Å². The molecule has 1 aromatic heterocycles. The molecule has 0 spiro atoms. The lowest BCUT2D eigenvalue weighted by Crippen LogP contribution is -2.27. The molecule has 1 heterocycles. The minimum atomic E-state index is 0.0722. The average molecular weight is 302 g/mol. The zero-order valence-corrected chi connectivity index (χ0v) is 13.0. The smallest absolute Gasteiger partial charge is 0.230 e. The molecule has 6 heteroatoms. The SMILES string of the molecule is Cc1ccccc1-c1nnc(SCC(=O)NC2CC2)n1C. The predicted octanol–water partition coefficient (Wildman–Crippen LogP) is 2.16. The van der Waals surface area contributed by atoms with Gasteiger partial charge in [-0.25, -0.2) is 0 Å². The first kappa shape index (κ1) is 14.1. The number of nitrogens with zero attached hydrogens (tertiary/aromatic N) is 3. The van der Waals surface area contributed by atoms with Crippen LogP contribution in [0.3, 0.4) is 0 Å². The lowest BCUT2D eigenvalue weighted by atomic mass is 10.1. The highest BCUT2D eigenvalue weighted by molar-refractivity contribution is 7.99. The second-order valence-corrected chi connectivity index (χ2v) is 6.25. The Labute approximate surface area is 128 Å². The molecule has 0 bridgehead atoms. The van der Waals surface area contributed by atoms with Crippen molar-refractivity contribution >= 4 is 17.7 Å². The number of carbonyl (C=O) groups is 1. The minimum absolute atomic E-state index is 0.0722. The Morgan fingerprint density at radius 2 is 2.14 bits per heavy atom.